The third kappa shape index (κ3) is 14.4. The van der Waals surface area contributed by atoms with Crippen LogP contribution in [0, 0.1) is 17.8 Å². The normalized spacial score (nSPS) is 37.9. The Morgan fingerprint density at radius 1 is 0.973 bits per heavy atom. The summed E-state index contributed by atoms with van der Waals surface area (Å²) in [7, 11) is 6.95. The zero-order valence-corrected chi connectivity index (χ0v) is 48.1. The first kappa shape index (κ1) is 61.2. The van der Waals surface area contributed by atoms with Gasteiger partial charge in [0.2, 0.25) is 0 Å². The monoisotopic (exact) mass is 1120 g/mol. The predicted octanol–water partition coefficient (Wildman–Crippen LogP) is 6.45. The molecule has 2 aromatic heterocycles. The number of esters is 1. The number of aromatic nitrogens is 4. The predicted molar refractivity (Wildman–Crippen MR) is 280 cm³/mol. The molecular formula is C54H86BrFN6O13. The first-order valence-electron chi connectivity index (χ1n) is 26.6. The van der Waals surface area contributed by atoms with Crippen molar-refractivity contribution in [1.82, 2.24) is 30.0 Å². The highest BCUT2D eigenvalue weighted by molar-refractivity contribution is 9.10. The molecule has 0 radical (unpaired) electrons. The third-order valence-electron chi connectivity index (χ3n) is 16.4. The zero-order chi connectivity index (χ0) is 55.3. The van der Waals surface area contributed by atoms with Crippen LogP contribution in [-0.2, 0) is 44.4 Å². The fraction of sp³-hybridized carbons (Fsp3) is 0.778. The van der Waals surface area contributed by atoms with E-state index in [4.69, 9.17) is 37.7 Å². The van der Waals surface area contributed by atoms with Gasteiger partial charge in [0.05, 0.1) is 47.2 Å². The van der Waals surface area contributed by atoms with E-state index >= 15 is 0 Å². The van der Waals surface area contributed by atoms with Crippen LogP contribution >= 0.6 is 15.9 Å². The van der Waals surface area contributed by atoms with Gasteiger partial charge in [-0.2, -0.15) is 0 Å². The van der Waals surface area contributed by atoms with E-state index in [9.17, 15) is 29.6 Å². The van der Waals surface area contributed by atoms with Crippen LogP contribution in [-0.4, -0.2) is 189 Å². The van der Waals surface area contributed by atoms with Crippen LogP contribution in [0.4, 0.5) is 4.39 Å². The van der Waals surface area contributed by atoms with Gasteiger partial charge < -0.3 is 67.9 Å². The number of benzene rings is 1. The summed E-state index contributed by atoms with van der Waals surface area (Å²) in [5, 5.41) is 60.2. The Kier molecular flexibility index (Phi) is 21.1. The van der Waals surface area contributed by atoms with Gasteiger partial charge in [-0.15, -0.1) is 5.10 Å². The van der Waals surface area contributed by atoms with E-state index in [-0.39, 0.29) is 37.3 Å². The standard InChI is InChI=1S/C54H86BrFN6O13/c1-15-42-54(10,67)48(63)34(6)61(12)28-30(2)25-52(8,66)50(32(4)46(33(5)51(65)72-42)73-45-26-53(9,69-14)49(64)35(7)71-45)74-44-23-39(22-31(3)70-44)60(11)21-20-38-29-62(59-57-38)40(27-56)47(68-13)37-18-16-36(17-19-37)41-24-43(55)58-75-41/h16-19,24,29-35,39-40,42,44-50,63-64,66-67H,15,20-23,25-28H2,1-14H3/t30-,31-,32+,33-,34-,35+,39+,40-,42-,44+,45+,46+,47-,48-,49+,50-,52-,53-,54-/m1/s1. The summed E-state index contributed by atoms with van der Waals surface area (Å²) in [6, 6.07) is 7.90. The average Bonchev–Trinajstić information content (AvgIpc) is 4.03. The maximum atomic E-state index is 14.9. The topological polar surface area (TPSA) is 226 Å². The van der Waals surface area contributed by atoms with Crippen molar-refractivity contribution in [2.45, 2.75) is 204 Å². The molecule has 19 atom stereocenters. The average molecular weight is 1130 g/mol. The van der Waals surface area contributed by atoms with Crippen LogP contribution < -0.4 is 0 Å². The van der Waals surface area contributed by atoms with Crippen LogP contribution in [0.1, 0.15) is 125 Å². The first-order chi connectivity index (χ1) is 35.3. The molecule has 3 aromatic rings. The van der Waals surface area contributed by atoms with E-state index in [1.807, 2.05) is 71.0 Å². The number of likely N-dealkylation sites (N-methyl/N-ethyl adjacent to an activating group) is 2. The van der Waals surface area contributed by atoms with Crippen molar-refractivity contribution >= 4 is 21.9 Å². The van der Waals surface area contributed by atoms with Crippen LogP contribution in [0.3, 0.4) is 0 Å². The van der Waals surface area contributed by atoms with E-state index < -0.39 is 109 Å². The minimum atomic E-state index is -1.82. The lowest BCUT2D eigenvalue weighted by atomic mass is 9.77. The van der Waals surface area contributed by atoms with Gasteiger partial charge in [0.25, 0.3) is 0 Å². The number of nitrogens with zero attached hydrogens (tertiary/aromatic N) is 6. The number of aliphatic hydroxyl groups is 4. The third-order valence-corrected chi connectivity index (χ3v) is 16.8. The Balaban J connectivity index is 1.23. The second-order valence-corrected chi connectivity index (χ2v) is 23.3. The van der Waals surface area contributed by atoms with Gasteiger partial charge in [-0.1, -0.05) is 55.4 Å². The molecule has 0 spiro atoms. The number of alkyl halides is 1. The highest BCUT2D eigenvalue weighted by Crippen LogP contribution is 2.41. The van der Waals surface area contributed by atoms with Gasteiger partial charge in [0, 0.05) is 82.4 Å². The number of hydrogen-bond acceptors (Lipinski definition) is 18. The lowest BCUT2D eigenvalue weighted by Crippen LogP contribution is -2.59. The Hall–Kier alpha value is -3.03. The molecule has 3 aliphatic heterocycles. The highest BCUT2D eigenvalue weighted by Gasteiger charge is 2.52. The molecular weight excluding hydrogens is 1040 g/mol. The summed E-state index contributed by atoms with van der Waals surface area (Å²) in [5.41, 5.74) is -2.15. The van der Waals surface area contributed by atoms with Crippen molar-refractivity contribution in [2.75, 3.05) is 48.1 Å². The number of cyclic esters (lactones) is 1. The molecule has 21 heteroatoms. The van der Waals surface area contributed by atoms with Crippen molar-refractivity contribution in [1.29, 1.82) is 0 Å². The fourth-order valence-electron chi connectivity index (χ4n) is 11.7. The van der Waals surface area contributed by atoms with Crippen LogP contribution in [0.15, 0.2) is 45.7 Å². The molecule has 424 valence electrons. The zero-order valence-electron chi connectivity index (χ0n) is 46.5. The maximum Gasteiger partial charge on any atom is 0.311 e. The lowest BCUT2D eigenvalue weighted by Gasteiger charge is -2.48. The quantitative estimate of drug-likeness (QED) is 0.113. The number of aliphatic hydroxyl groups excluding tert-OH is 2. The van der Waals surface area contributed by atoms with E-state index in [2.05, 4.69) is 36.3 Å². The molecule has 0 unspecified atom stereocenters. The number of carbonyl (C=O) groups is 1. The molecule has 0 bridgehead atoms. The summed E-state index contributed by atoms with van der Waals surface area (Å²) in [5.74, 6) is -1.99. The summed E-state index contributed by atoms with van der Waals surface area (Å²) < 4.78 is 66.9. The molecule has 0 saturated carbocycles. The molecule has 3 fully saturated rings. The first-order valence-corrected chi connectivity index (χ1v) is 27.4. The largest absolute Gasteiger partial charge is 0.459 e. The second kappa shape index (κ2) is 25.8. The van der Waals surface area contributed by atoms with Crippen molar-refractivity contribution in [2.24, 2.45) is 17.8 Å². The number of halogens is 2. The molecule has 3 saturated heterocycles. The fourth-order valence-corrected chi connectivity index (χ4v) is 12.0. The molecule has 1 aromatic carbocycles. The molecule has 75 heavy (non-hydrogen) atoms. The van der Waals surface area contributed by atoms with Gasteiger partial charge in [0.15, 0.2) is 18.3 Å². The van der Waals surface area contributed by atoms with Crippen molar-refractivity contribution in [3.8, 4) is 11.3 Å². The summed E-state index contributed by atoms with van der Waals surface area (Å²) in [4.78, 5) is 18.7. The molecule has 5 heterocycles. The minimum absolute atomic E-state index is 0.0238. The number of methoxy groups -OCH3 is 2. The molecule has 0 amide bonds. The SMILES string of the molecule is CC[C@H]1OC(=O)[C@H](C)[C@@H](O[C@H]2C[C@@](C)(OC)[C@@H](O)[C@H](C)O2)[C@H](C)[C@@H](O[C@H]2C[C@@H](N(C)CCc3cn([C@H](CF)[C@H](OC)c4ccc(-c5cc(Br)no5)cc4)nn3)C[C@@H](C)O2)[C@](C)(O)C[C@@H](C)CN(C)[C@H](C)[C@@H](O)[C@]1(C)O. The Labute approximate surface area is 451 Å². The summed E-state index contributed by atoms with van der Waals surface area (Å²) in [6.45, 7) is 18.2. The number of carbonyl (C=O) groups excluding carboxylic acids is 1. The number of rotatable bonds is 16. The highest BCUT2D eigenvalue weighted by atomic mass is 79.9. The van der Waals surface area contributed by atoms with E-state index in [0.29, 0.717) is 48.4 Å². The Bertz CT molecular complexity index is 2260. The maximum absolute atomic E-state index is 14.9. The smallest absolute Gasteiger partial charge is 0.311 e. The molecule has 19 nitrogen and oxygen atoms in total. The van der Waals surface area contributed by atoms with Crippen molar-refractivity contribution in [3.63, 3.8) is 0 Å². The minimum Gasteiger partial charge on any atom is -0.459 e. The summed E-state index contributed by atoms with van der Waals surface area (Å²) >= 11 is 3.31. The van der Waals surface area contributed by atoms with Crippen LogP contribution in [0.2, 0.25) is 0 Å². The Morgan fingerprint density at radius 3 is 2.28 bits per heavy atom. The van der Waals surface area contributed by atoms with E-state index in [1.54, 1.807) is 54.0 Å². The van der Waals surface area contributed by atoms with Crippen LogP contribution in [0.25, 0.3) is 11.3 Å². The Morgan fingerprint density at radius 2 is 1.67 bits per heavy atom. The lowest BCUT2D eigenvalue weighted by molar-refractivity contribution is -0.308. The van der Waals surface area contributed by atoms with Gasteiger partial charge in [-0.3, -0.25) is 4.79 Å². The van der Waals surface area contributed by atoms with Crippen LogP contribution in [0.5, 0.6) is 0 Å². The van der Waals surface area contributed by atoms with Gasteiger partial charge >= 0.3 is 5.97 Å². The molecule has 4 N–H and O–H groups in total. The van der Waals surface area contributed by atoms with Crippen molar-refractivity contribution in [3.05, 3.63) is 52.4 Å². The van der Waals surface area contributed by atoms with Crippen molar-refractivity contribution < 1.29 is 67.3 Å². The van der Waals surface area contributed by atoms with Gasteiger partial charge in [-0.05, 0) is 109 Å². The summed E-state index contributed by atoms with van der Waals surface area (Å²) in [6.07, 6.45) is -4.69. The second-order valence-electron chi connectivity index (χ2n) is 22.5. The van der Waals surface area contributed by atoms with Gasteiger partial charge in [-0.25, -0.2) is 9.07 Å². The molecule has 6 rings (SSSR count). The molecule has 0 aliphatic carbocycles. The number of ether oxygens (including phenoxy) is 7. The van der Waals surface area contributed by atoms with E-state index in [1.165, 1.54) is 18.7 Å². The van der Waals surface area contributed by atoms with Gasteiger partial charge in [0.1, 0.15) is 47.3 Å². The van der Waals surface area contributed by atoms with E-state index in [0.717, 1.165) is 11.1 Å². The number of hydrogen-bond donors (Lipinski definition) is 4. The molecule has 3 aliphatic rings.